The number of carbonyl (C=O) groups excluding carboxylic acids is 1. The number of amides is 1. The second kappa shape index (κ2) is 6.08. The minimum atomic E-state index is -0.185. The minimum Gasteiger partial charge on any atom is -0.348 e. The molecular formula is C13H18N2O. The van der Waals surface area contributed by atoms with Crippen molar-refractivity contribution in [3.8, 4) is 0 Å². The van der Waals surface area contributed by atoms with Gasteiger partial charge in [-0.2, -0.15) is 0 Å². The Morgan fingerprint density at radius 1 is 1.50 bits per heavy atom. The van der Waals surface area contributed by atoms with E-state index >= 15 is 0 Å². The van der Waals surface area contributed by atoms with Crippen LogP contribution in [0.2, 0.25) is 0 Å². The largest absolute Gasteiger partial charge is 0.348 e. The summed E-state index contributed by atoms with van der Waals surface area (Å²) in [5, 5.41) is 2.83. The molecule has 0 aliphatic heterocycles. The summed E-state index contributed by atoms with van der Waals surface area (Å²) in [7, 11) is 0. The third-order valence-electron chi connectivity index (χ3n) is 2.57. The number of nitrogens with one attached hydrogen (secondary N) is 1. The first kappa shape index (κ1) is 12.5. The Hall–Kier alpha value is -1.61. The monoisotopic (exact) mass is 218 g/mol. The maximum absolute atomic E-state index is 11.2. The lowest BCUT2D eigenvalue weighted by Gasteiger charge is -2.23. The summed E-state index contributed by atoms with van der Waals surface area (Å²) < 4.78 is 0. The molecule has 0 heterocycles. The fraction of sp³-hybridized carbons (Fsp3) is 0.308. The van der Waals surface area contributed by atoms with Crippen LogP contribution in [-0.4, -0.2) is 11.9 Å². The van der Waals surface area contributed by atoms with Crippen molar-refractivity contribution in [3.05, 3.63) is 48.6 Å². The van der Waals surface area contributed by atoms with E-state index in [0.717, 1.165) is 12.0 Å². The molecular weight excluding hydrogens is 200 g/mol. The van der Waals surface area contributed by atoms with Gasteiger partial charge >= 0.3 is 0 Å². The number of benzene rings is 1. The highest BCUT2D eigenvalue weighted by atomic mass is 16.1. The zero-order valence-electron chi connectivity index (χ0n) is 9.52. The van der Waals surface area contributed by atoms with Gasteiger partial charge in [-0.25, -0.2) is 0 Å². The van der Waals surface area contributed by atoms with Crippen molar-refractivity contribution in [1.29, 1.82) is 0 Å². The van der Waals surface area contributed by atoms with Gasteiger partial charge in [-0.15, -0.1) is 0 Å². The predicted molar refractivity (Wildman–Crippen MR) is 65.8 cm³/mol. The van der Waals surface area contributed by atoms with E-state index in [2.05, 4.69) is 11.9 Å². The number of hydrogen-bond donors (Lipinski definition) is 2. The smallest absolute Gasteiger partial charge is 0.243 e. The van der Waals surface area contributed by atoms with E-state index in [1.165, 1.54) is 6.08 Å². The summed E-state index contributed by atoms with van der Waals surface area (Å²) in [6.07, 6.45) is 2.05. The van der Waals surface area contributed by atoms with Crippen LogP contribution < -0.4 is 11.1 Å². The molecule has 3 heteroatoms. The van der Waals surface area contributed by atoms with Gasteiger partial charge in [-0.1, -0.05) is 43.8 Å². The average Bonchev–Trinajstić information content (AvgIpc) is 2.35. The zero-order valence-corrected chi connectivity index (χ0v) is 9.52. The summed E-state index contributed by atoms with van der Waals surface area (Å²) in [6.45, 7) is 5.42. The zero-order chi connectivity index (χ0) is 12.0. The Morgan fingerprint density at radius 2 is 2.12 bits per heavy atom. The van der Waals surface area contributed by atoms with Gasteiger partial charge in [0.15, 0.2) is 0 Å². The molecule has 1 amide bonds. The number of rotatable bonds is 5. The maximum Gasteiger partial charge on any atom is 0.243 e. The van der Waals surface area contributed by atoms with Crippen molar-refractivity contribution >= 4 is 5.91 Å². The predicted octanol–water partition coefficient (Wildman–Crippen LogP) is 1.77. The van der Waals surface area contributed by atoms with Gasteiger partial charge in [-0.05, 0) is 18.1 Å². The number of nitrogens with two attached hydrogens (primary N) is 1. The Kier molecular flexibility index (Phi) is 4.73. The first-order valence-electron chi connectivity index (χ1n) is 5.42. The van der Waals surface area contributed by atoms with E-state index in [1.54, 1.807) is 0 Å². The molecule has 16 heavy (non-hydrogen) atoms. The summed E-state index contributed by atoms with van der Waals surface area (Å²) in [5.41, 5.74) is 7.13. The Labute approximate surface area is 96.3 Å². The third kappa shape index (κ3) is 3.21. The van der Waals surface area contributed by atoms with E-state index in [9.17, 15) is 4.79 Å². The average molecular weight is 218 g/mol. The van der Waals surface area contributed by atoms with Crippen LogP contribution in [0.3, 0.4) is 0 Å². The molecule has 0 saturated heterocycles. The lowest BCUT2D eigenvalue weighted by molar-refractivity contribution is -0.117. The van der Waals surface area contributed by atoms with Crippen LogP contribution in [-0.2, 0) is 4.79 Å². The fourth-order valence-corrected chi connectivity index (χ4v) is 1.59. The molecule has 1 aromatic carbocycles. The van der Waals surface area contributed by atoms with E-state index in [-0.39, 0.29) is 18.0 Å². The van der Waals surface area contributed by atoms with E-state index < -0.39 is 0 Å². The molecule has 0 spiro atoms. The van der Waals surface area contributed by atoms with Crippen molar-refractivity contribution in [2.75, 3.05) is 0 Å². The SMILES string of the molecule is C=CC(=O)NC(CC)C(N)c1ccccc1. The van der Waals surface area contributed by atoms with Crippen LogP contribution in [0.15, 0.2) is 43.0 Å². The molecule has 0 aliphatic carbocycles. The van der Waals surface area contributed by atoms with Crippen molar-refractivity contribution in [2.45, 2.75) is 25.4 Å². The van der Waals surface area contributed by atoms with Crippen LogP contribution in [0.1, 0.15) is 24.9 Å². The Morgan fingerprint density at radius 3 is 2.62 bits per heavy atom. The molecule has 1 rings (SSSR count). The van der Waals surface area contributed by atoms with Gasteiger partial charge < -0.3 is 11.1 Å². The second-order valence-electron chi connectivity index (χ2n) is 3.66. The molecule has 0 radical (unpaired) electrons. The van der Waals surface area contributed by atoms with Crippen LogP contribution in [0.4, 0.5) is 0 Å². The molecule has 0 saturated carbocycles. The van der Waals surface area contributed by atoms with Gasteiger partial charge in [0, 0.05) is 6.04 Å². The first-order chi connectivity index (χ1) is 7.69. The Bertz CT molecular complexity index is 348. The molecule has 86 valence electrons. The van der Waals surface area contributed by atoms with E-state index in [4.69, 9.17) is 5.73 Å². The van der Waals surface area contributed by atoms with Crippen molar-refractivity contribution < 1.29 is 4.79 Å². The molecule has 3 N–H and O–H groups in total. The minimum absolute atomic E-state index is 0.0621. The number of carbonyl (C=O) groups is 1. The summed E-state index contributed by atoms with van der Waals surface area (Å²) in [5.74, 6) is -0.182. The maximum atomic E-state index is 11.2. The quantitative estimate of drug-likeness (QED) is 0.740. The molecule has 1 aromatic rings. The van der Waals surface area contributed by atoms with Crippen molar-refractivity contribution in [3.63, 3.8) is 0 Å². The topological polar surface area (TPSA) is 55.1 Å². The normalized spacial score (nSPS) is 13.9. The molecule has 0 fully saturated rings. The third-order valence-corrected chi connectivity index (χ3v) is 2.57. The van der Waals surface area contributed by atoms with Crippen LogP contribution in [0, 0.1) is 0 Å². The Balaban J connectivity index is 2.73. The second-order valence-corrected chi connectivity index (χ2v) is 3.66. The molecule has 0 aliphatic rings. The highest BCUT2D eigenvalue weighted by Crippen LogP contribution is 2.15. The van der Waals surface area contributed by atoms with Crippen molar-refractivity contribution in [1.82, 2.24) is 5.32 Å². The molecule has 2 atom stereocenters. The standard InChI is InChI=1S/C13H18N2O/c1-3-11(15-12(16)4-2)13(14)10-8-6-5-7-9-10/h4-9,11,13H,2-3,14H2,1H3,(H,15,16). The van der Waals surface area contributed by atoms with Crippen LogP contribution in [0.25, 0.3) is 0 Å². The lowest BCUT2D eigenvalue weighted by Crippen LogP contribution is -2.41. The van der Waals surface area contributed by atoms with Crippen molar-refractivity contribution in [2.24, 2.45) is 5.73 Å². The van der Waals surface area contributed by atoms with E-state index in [1.807, 2.05) is 37.3 Å². The van der Waals surface area contributed by atoms with Gasteiger partial charge in [0.05, 0.1) is 6.04 Å². The van der Waals surface area contributed by atoms with Gasteiger partial charge in [-0.3, -0.25) is 4.79 Å². The number of hydrogen-bond acceptors (Lipinski definition) is 2. The summed E-state index contributed by atoms with van der Waals surface area (Å²) in [4.78, 5) is 11.2. The summed E-state index contributed by atoms with van der Waals surface area (Å²) in [6, 6.07) is 9.51. The molecule has 0 bridgehead atoms. The van der Waals surface area contributed by atoms with E-state index in [0.29, 0.717) is 0 Å². The van der Waals surface area contributed by atoms with Gasteiger partial charge in [0.1, 0.15) is 0 Å². The van der Waals surface area contributed by atoms with Gasteiger partial charge in [0.25, 0.3) is 0 Å². The van der Waals surface area contributed by atoms with Crippen LogP contribution in [0.5, 0.6) is 0 Å². The van der Waals surface area contributed by atoms with Gasteiger partial charge in [0.2, 0.25) is 5.91 Å². The molecule has 3 nitrogen and oxygen atoms in total. The van der Waals surface area contributed by atoms with Crippen LogP contribution >= 0.6 is 0 Å². The molecule has 0 aromatic heterocycles. The molecule has 2 unspecified atom stereocenters. The summed E-state index contributed by atoms with van der Waals surface area (Å²) >= 11 is 0. The highest BCUT2D eigenvalue weighted by Gasteiger charge is 2.18. The fourth-order valence-electron chi connectivity index (χ4n) is 1.59. The lowest BCUT2D eigenvalue weighted by atomic mass is 9.98. The highest BCUT2D eigenvalue weighted by molar-refractivity contribution is 5.87. The first-order valence-corrected chi connectivity index (χ1v) is 5.42.